The van der Waals surface area contributed by atoms with Gasteiger partial charge in [0.25, 0.3) is 0 Å². The maximum Gasteiger partial charge on any atom is 0.0927 e. The van der Waals surface area contributed by atoms with Gasteiger partial charge in [-0.3, -0.25) is 0 Å². The van der Waals surface area contributed by atoms with Crippen LogP contribution in [0, 0.1) is 5.53 Å². The van der Waals surface area contributed by atoms with Gasteiger partial charge in [-0.25, -0.2) is 5.53 Å². The van der Waals surface area contributed by atoms with E-state index in [-0.39, 0.29) is 6.04 Å². The molecule has 3 rings (SSSR count). The minimum Gasteiger partial charge on any atom is -0.209 e. The summed E-state index contributed by atoms with van der Waals surface area (Å²) in [5, 5.41) is 3.58. The van der Waals surface area contributed by atoms with E-state index in [0.29, 0.717) is 0 Å². The van der Waals surface area contributed by atoms with E-state index >= 15 is 0 Å². The van der Waals surface area contributed by atoms with Crippen molar-refractivity contribution >= 4 is 0 Å². The van der Waals surface area contributed by atoms with Gasteiger partial charge in [-0.2, -0.15) is 5.11 Å². The van der Waals surface area contributed by atoms with Crippen LogP contribution < -0.4 is 0 Å². The van der Waals surface area contributed by atoms with Gasteiger partial charge in [0.1, 0.15) is 0 Å². The Hall–Kier alpha value is -1.96. The van der Waals surface area contributed by atoms with Gasteiger partial charge in [-0.05, 0) is 41.2 Å². The third-order valence-electron chi connectivity index (χ3n) is 3.49. The lowest BCUT2D eigenvalue weighted by Gasteiger charge is -2.07. The van der Waals surface area contributed by atoms with Gasteiger partial charge in [0.2, 0.25) is 0 Å². The summed E-state index contributed by atoms with van der Waals surface area (Å²) in [7, 11) is 0. The molecule has 2 heteroatoms. The van der Waals surface area contributed by atoms with Gasteiger partial charge >= 0.3 is 0 Å². The predicted molar refractivity (Wildman–Crippen MR) is 68.2 cm³/mol. The van der Waals surface area contributed by atoms with Crippen LogP contribution in [0.15, 0.2) is 47.6 Å². The zero-order chi connectivity index (χ0) is 11.8. The molecule has 1 atom stereocenters. The molecule has 1 aliphatic rings. The first-order valence-corrected chi connectivity index (χ1v) is 5.87. The Balaban J connectivity index is 2.10. The molecule has 2 aromatic rings. The fourth-order valence-corrected chi connectivity index (χ4v) is 2.50. The van der Waals surface area contributed by atoms with Crippen LogP contribution in [0.4, 0.5) is 0 Å². The maximum absolute atomic E-state index is 7.10. The Morgan fingerprint density at radius 1 is 1.06 bits per heavy atom. The molecule has 0 heterocycles. The molecule has 0 aliphatic heterocycles. The van der Waals surface area contributed by atoms with Crippen LogP contribution in [-0.4, -0.2) is 0 Å². The van der Waals surface area contributed by atoms with Crippen molar-refractivity contribution in [2.45, 2.75) is 19.4 Å². The van der Waals surface area contributed by atoms with Crippen molar-refractivity contribution in [2.75, 3.05) is 0 Å². The number of nitrogens with zero attached hydrogens (tertiary/aromatic N) is 1. The predicted octanol–water partition coefficient (Wildman–Crippen LogP) is 4.35. The quantitative estimate of drug-likeness (QED) is 0.626. The second-order valence-corrected chi connectivity index (χ2v) is 4.56. The lowest BCUT2D eigenvalue weighted by Crippen LogP contribution is -1.90. The van der Waals surface area contributed by atoms with E-state index in [1.807, 2.05) is 6.92 Å². The van der Waals surface area contributed by atoms with Gasteiger partial charge in [0.05, 0.1) is 6.04 Å². The molecule has 0 saturated heterocycles. The SMILES string of the molecule is CC(N=N)c1ccc2c(c1)Cc1ccccc1-2. The van der Waals surface area contributed by atoms with Gasteiger partial charge < -0.3 is 0 Å². The van der Waals surface area contributed by atoms with Crippen LogP contribution >= 0.6 is 0 Å². The van der Waals surface area contributed by atoms with E-state index in [1.165, 1.54) is 22.3 Å². The van der Waals surface area contributed by atoms with Crippen LogP contribution in [0.3, 0.4) is 0 Å². The van der Waals surface area contributed by atoms with E-state index < -0.39 is 0 Å². The lowest BCUT2D eigenvalue weighted by atomic mass is 10.0. The average molecular weight is 222 g/mol. The highest BCUT2D eigenvalue weighted by atomic mass is 15.0. The summed E-state index contributed by atoms with van der Waals surface area (Å²) in [5.41, 5.74) is 13.7. The third kappa shape index (κ3) is 1.57. The summed E-state index contributed by atoms with van der Waals surface area (Å²) in [5.74, 6) is 0. The molecule has 0 spiro atoms. The van der Waals surface area contributed by atoms with Crippen molar-refractivity contribution in [3.63, 3.8) is 0 Å². The van der Waals surface area contributed by atoms with Crippen molar-refractivity contribution in [3.05, 3.63) is 59.2 Å². The maximum atomic E-state index is 7.10. The van der Waals surface area contributed by atoms with E-state index in [1.54, 1.807) is 0 Å². The molecule has 0 bridgehead atoms. The van der Waals surface area contributed by atoms with Crippen LogP contribution in [0.5, 0.6) is 0 Å². The zero-order valence-electron chi connectivity index (χ0n) is 9.77. The monoisotopic (exact) mass is 222 g/mol. The highest BCUT2D eigenvalue weighted by Gasteiger charge is 2.18. The smallest absolute Gasteiger partial charge is 0.0927 e. The van der Waals surface area contributed by atoms with Crippen molar-refractivity contribution in [1.82, 2.24) is 0 Å². The Morgan fingerprint density at radius 2 is 1.82 bits per heavy atom. The van der Waals surface area contributed by atoms with Gasteiger partial charge in [-0.1, -0.05) is 42.5 Å². The number of fused-ring (bicyclic) bond motifs is 3. The van der Waals surface area contributed by atoms with E-state index in [2.05, 4.69) is 47.6 Å². The minimum absolute atomic E-state index is 0.0380. The van der Waals surface area contributed by atoms with Crippen molar-refractivity contribution in [2.24, 2.45) is 5.11 Å². The molecule has 1 N–H and O–H groups in total. The summed E-state index contributed by atoms with van der Waals surface area (Å²) >= 11 is 0. The average Bonchev–Trinajstić information content (AvgIpc) is 2.75. The van der Waals surface area contributed by atoms with Gasteiger partial charge in [0, 0.05) is 0 Å². The van der Waals surface area contributed by atoms with Gasteiger partial charge in [-0.15, -0.1) is 0 Å². The molecule has 84 valence electrons. The van der Waals surface area contributed by atoms with Crippen LogP contribution in [-0.2, 0) is 6.42 Å². The van der Waals surface area contributed by atoms with Crippen molar-refractivity contribution < 1.29 is 0 Å². The summed E-state index contributed by atoms with van der Waals surface area (Å²) in [4.78, 5) is 0. The Labute approximate surface area is 101 Å². The zero-order valence-corrected chi connectivity index (χ0v) is 9.77. The van der Waals surface area contributed by atoms with Crippen LogP contribution in [0.25, 0.3) is 11.1 Å². The molecule has 0 radical (unpaired) electrons. The highest BCUT2D eigenvalue weighted by Crippen LogP contribution is 2.37. The first kappa shape index (κ1) is 10.2. The second kappa shape index (κ2) is 3.81. The number of benzene rings is 2. The summed E-state index contributed by atoms with van der Waals surface area (Å²) < 4.78 is 0. The molecule has 0 fully saturated rings. The molecule has 0 aromatic heterocycles. The highest BCUT2D eigenvalue weighted by molar-refractivity contribution is 5.76. The van der Waals surface area contributed by atoms with Gasteiger partial charge in [0.15, 0.2) is 0 Å². The molecule has 0 saturated carbocycles. The number of rotatable bonds is 2. The molecule has 1 unspecified atom stereocenters. The Bertz CT molecular complexity index is 587. The molecule has 2 aromatic carbocycles. The van der Waals surface area contributed by atoms with Crippen LogP contribution in [0.2, 0.25) is 0 Å². The van der Waals surface area contributed by atoms with E-state index in [4.69, 9.17) is 5.53 Å². The molecule has 0 amide bonds. The number of hydrogen-bond donors (Lipinski definition) is 1. The number of nitrogens with one attached hydrogen (secondary N) is 1. The molecule has 17 heavy (non-hydrogen) atoms. The topological polar surface area (TPSA) is 36.2 Å². The normalized spacial score (nSPS) is 13.9. The number of hydrogen-bond acceptors (Lipinski definition) is 2. The summed E-state index contributed by atoms with van der Waals surface area (Å²) in [6, 6.07) is 15.0. The molecular weight excluding hydrogens is 208 g/mol. The molecule has 2 nitrogen and oxygen atoms in total. The summed E-state index contributed by atoms with van der Waals surface area (Å²) in [6.07, 6.45) is 1.00. The lowest BCUT2D eigenvalue weighted by molar-refractivity contribution is 0.733. The second-order valence-electron chi connectivity index (χ2n) is 4.56. The first-order valence-electron chi connectivity index (χ1n) is 5.87. The fourth-order valence-electron chi connectivity index (χ4n) is 2.50. The standard InChI is InChI=1S/C15H14N2/c1-10(17-16)11-6-7-15-13(8-11)9-12-4-2-3-5-14(12)15/h2-8,10,16H,9H2,1H3. The molecular formula is C15H14N2. The van der Waals surface area contributed by atoms with Crippen LogP contribution in [0.1, 0.15) is 29.7 Å². The van der Waals surface area contributed by atoms with Crippen molar-refractivity contribution in [1.29, 1.82) is 5.53 Å². The first-order chi connectivity index (χ1) is 8.29. The molecule has 1 aliphatic carbocycles. The Kier molecular flexibility index (Phi) is 2.29. The fraction of sp³-hybridized carbons (Fsp3) is 0.200. The van der Waals surface area contributed by atoms with E-state index in [9.17, 15) is 0 Å². The summed E-state index contributed by atoms with van der Waals surface area (Å²) in [6.45, 7) is 1.96. The Morgan fingerprint density at radius 3 is 2.65 bits per heavy atom. The minimum atomic E-state index is -0.0380. The third-order valence-corrected chi connectivity index (χ3v) is 3.49. The largest absolute Gasteiger partial charge is 0.209 e. The van der Waals surface area contributed by atoms with Crippen molar-refractivity contribution in [3.8, 4) is 11.1 Å². The van der Waals surface area contributed by atoms with E-state index in [0.717, 1.165) is 12.0 Å².